The summed E-state index contributed by atoms with van der Waals surface area (Å²) in [5.74, 6) is 0.481. The maximum Gasteiger partial charge on any atom is 0.250 e. The van der Waals surface area contributed by atoms with Gasteiger partial charge in [-0.1, -0.05) is 39.4 Å². The molecule has 0 fully saturated rings. The monoisotopic (exact) mass is 416 g/mol. The first-order chi connectivity index (χ1) is 12.0. The molecule has 128 valence electrons. The van der Waals surface area contributed by atoms with Crippen LogP contribution in [0.25, 0.3) is 16.3 Å². The van der Waals surface area contributed by atoms with Crippen LogP contribution in [-0.4, -0.2) is 18.0 Å². The average Bonchev–Trinajstić information content (AvgIpc) is 3.01. The van der Waals surface area contributed by atoms with E-state index in [2.05, 4.69) is 32.3 Å². The highest BCUT2D eigenvalue weighted by Crippen LogP contribution is 2.31. The second kappa shape index (κ2) is 7.37. The molecule has 6 heteroatoms. The molecule has 1 aromatic heterocycles. The number of hydrogen-bond donors (Lipinski definition) is 1. The SMILES string of the molecule is COc1ccc(Br)cc1/C=C/C(=O)Nc1nc2c(C)ccc(C)c2s1. The number of anilines is 1. The largest absolute Gasteiger partial charge is 0.496 e. The molecule has 3 aromatic rings. The van der Waals surface area contributed by atoms with Gasteiger partial charge in [0, 0.05) is 16.1 Å². The van der Waals surface area contributed by atoms with Crippen LogP contribution in [-0.2, 0) is 4.79 Å². The van der Waals surface area contributed by atoms with Gasteiger partial charge in [-0.05, 0) is 49.2 Å². The number of aryl methyl sites for hydroxylation is 2. The van der Waals surface area contributed by atoms with Gasteiger partial charge in [0.25, 0.3) is 0 Å². The first-order valence-corrected chi connectivity index (χ1v) is 9.28. The molecule has 0 unspecified atom stereocenters. The minimum atomic E-state index is -0.226. The van der Waals surface area contributed by atoms with E-state index in [0.29, 0.717) is 10.9 Å². The van der Waals surface area contributed by atoms with Gasteiger partial charge in [-0.15, -0.1) is 0 Å². The number of ether oxygens (including phenoxy) is 1. The zero-order valence-electron chi connectivity index (χ0n) is 14.1. The van der Waals surface area contributed by atoms with Crippen LogP contribution in [0.4, 0.5) is 5.13 Å². The second-order valence-corrected chi connectivity index (χ2v) is 7.52. The minimum absolute atomic E-state index is 0.226. The van der Waals surface area contributed by atoms with Crippen molar-refractivity contribution in [1.82, 2.24) is 4.98 Å². The zero-order chi connectivity index (χ0) is 18.0. The molecular weight excluding hydrogens is 400 g/mol. The van der Waals surface area contributed by atoms with Crippen LogP contribution in [0.2, 0.25) is 0 Å². The van der Waals surface area contributed by atoms with E-state index in [-0.39, 0.29) is 5.91 Å². The van der Waals surface area contributed by atoms with E-state index < -0.39 is 0 Å². The summed E-state index contributed by atoms with van der Waals surface area (Å²) in [6.45, 7) is 4.07. The Bertz CT molecular complexity index is 940. The van der Waals surface area contributed by atoms with Gasteiger partial charge in [-0.2, -0.15) is 0 Å². The molecule has 1 amide bonds. The number of benzene rings is 2. The molecule has 25 heavy (non-hydrogen) atoms. The molecule has 0 bridgehead atoms. The standard InChI is InChI=1S/C19H17BrN2O2S/c1-11-4-5-12(2)18-17(11)22-19(25-18)21-16(23)9-6-13-10-14(20)7-8-15(13)24-3/h4-10H,1-3H3,(H,21,22,23)/b9-6+. The van der Waals surface area contributed by atoms with Gasteiger partial charge in [0.2, 0.25) is 5.91 Å². The van der Waals surface area contributed by atoms with Gasteiger partial charge >= 0.3 is 0 Å². The number of thiazole rings is 1. The molecule has 0 radical (unpaired) electrons. The van der Waals surface area contributed by atoms with Gasteiger partial charge in [0.15, 0.2) is 5.13 Å². The fraction of sp³-hybridized carbons (Fsp3) is 0.158. The van der Waals surface area contributed by atoms with Crippen molar-refractivity contribution in [2.75, 3.05) is 12.4 Å². The number of nitrogens with one attached hydrogen (secondary N) is 1. The number of amides is 1. The predicted molar refractivity (Wildman–Crippen MR) is 107 cm³/mol. The van der Waals surface area contributed by atoms with Crippen LogP contribution in [0, 0.1) is 13.8 Å². The molecule has 0 aliphatic rings. The van der Waals surface area contributed by atoms with Crippen LogP contribution in [0.1, 0.15) is 16.7 Å². The van der Waals surface area contributed by atoms with Gasteiger partial charge in [0.1, 0.15) is 5.75 Å². The van der Waals surface area contributed by atoms with E-state index in [9.17, 15) is 4.79 Å². The number of carbonyl (C=O) groups excluding carboxylic acids is 1. The summed E-state index contributed by atoms with van der Waals surface area (Å²) in [4.78, 5) is 16.8. The number of nitrogens with zero attached hydrogens (tertiary/aromatic N) is 1. The lowest BCUT2D eigenvalue weighted by atomic mass is 10.1. The third-order valence-electron chi connectivity index (χ3n) is 3.78. The van der Waals surface area contributed by atoms with Crippen molar-refractivity contribution >= 4 is 54.6 Å². The quantitative estimate of drug-likeness (QED) is 0.584. The molecule has 3 rings (SSSR count). The topological polar surface area (TPSA) is 51.2 Å². The summed E-state index contributed by atoms with van der Waals surface area (Å²) < 4.78 is 7.33. The van der Waals surface area contributed by atoms with Crippen LogP contribution < -0.4 is 10.1 Å². The molecule has 0 saturated heterocycles. The van der Waals surface area contributed by atoms with E-state index in [0.717, 1.165) is 31.4 Å². The van der Waals surface area contributed by atoms with Gasteiger partial charge in [0.05, 0.1) is 17.3 Å². The maximum atomic E-state index is 12.2. The number of methoxy groups -OCH3 is 1. The summed E-state index contributed by atoms with van der Waals surface area (Å²) in [5, 5.41) is 3.44. The Morgan fingerprint density at radius 1 is 1.24 bits per heavy atom. The molecule has 1 N–H and O–H groups in total. The molecule has 2 aromatic carbocycles. The Morgan fingerprint density at radius 3 is 2.72 bits per heavy atom. The maximum absolute atomic E-state index is 12.2. The van der Waals surface area contributed by atoms with Crippen molar-refractivity contribution in [2.45, 2.75) is 13.8 Å². The van der Waals surface area contributed by atoms with E-state index in [1.165, 1.54) is 17.4 Å². The normalized spacial score (nSPS) is 11.2. The molecule has 0 aliphatic carbocycles. The van der Waals surface area contributed by atoms with E-state index >= 15 is 0 Å². The van der Waals surface area contributed by atoms with Crippen molar-refractivity contribution in [1.29, 1.82) is 0 Å². The number of aromatic nitrogens is 1. The third-order valence-corrected chi connectivity index (χ3v) is 5.38. The highest BCUT2D eigenvalue weighted by Gasteiger charge is 2.10. The van der Waals surface area contributed by atoms with E-state index in [4.69, 9.17) is 4.74 Å². The molecule has 1 heterocycles. The average molecular weight is 417 g/mol. The Kier molecular flexibility index (Phi) is 5.20. The molecule has 0 saturated carbocycles. The summed E-state index contributed by atoms with van der Waals surface area (Å²) in [5.41, 5.74) is 4.03. The van der Waals surface area contributed by atoms with Crippen molar-refractivity contribution in [2.24, 2.45) is 0 Å². The summed E-state index contributed by atoms with van der Waals surface area (Å²) in [6, 6.07) is 9.75. The number of fused-ring (bicyclic) bond motifs is 1. The number of carbonyl (C=O) groups is 1. The number of hydrogen-bond acceptors (Lipinski definition) is 4. The van der Waals surface area contributed by atoms with Crippen molar-refractivity contribution in [3.8, 4) is 5.75 Å². The lowest BCUT2D eigenvalue weighted by Crippen LogP contribution is -2.07. The molecule has 0 spiro atoms. The highest BCUT2D eigenvalue weighted by molar-refractivity contribution is 9.10. The first kappa shape index (κ1) is 17.6. The lowest BCUT2D eigenvalue weighted by molar-refractivity contribution is -0.111. The minimum Gasteiger partial charge on any atom is -0.496 e. The van der Waals surface area contributed by atoms with Gasteiger partial charge in [-0.3, -0.25) is 10.1 Å². The first-order valence-electron chi connectivity index (χ1n) is 7.67. The Balaban J connectivity index is 1.80. The zero-order valence-corrected chi connectivity index (χ0v) is 16.5. The van der Waals surface area contributed by atoms with Crippen LogP contribution in [0.3, 0.4) is 0 Å². The highest BCUT2D eigenvalue weighted by atomic mass is 79.9. The van der Waals surface area contributed by atoms with Crippen molar-refractivity contribution in [3.05, 3.63) is 57.6 Å². The Morgan fingerprint density at radius 2 is 2.00 bits per heavy atom. The second-order valence-electron chi connectivity index (χ2n) is 5.60. The fourth-order valence-corrected chi connectivity index (χ4v) is 3.85. The van der Waals surface area contributed by atoms with Crippen LogP contribution in [0.5, 0.6) is 5.75 Å². The summed E-state index contributed by atoms with van der Waals surface area (Å²) in [7, 11) is 1.60. The van der Waals surface area contributed by atoms with E-state index in [1.807, 2.05) is 38.1 Å². The van der Waals surface area contributed by atoms with Crippen molar-refractivity contribution in [3.63, 3.8) is 0 Å². The van der Waals surface area contributed by atoms with Gasteiger partial charge < -0.3 is 4.74 Å². The van der Waals surface area contributed by atoms with Crippen LogP contribution >= 0.6 is 27.3 Å². The predicted octanol–water partition coefficient (Wildman–Crippen LogP) is 5.34. The molecule has 0 atom stereocenters. The molecule has 0 aliphatic heterocycles. The lowest BCUT2D eigenvalue weighted by Gasteiger charge is -2.04. The Hall–Kier alpha value is -2.18. The van der Waals surface area contributed by atoms with Gasteiger partial charge in [-0.25, -0.2) is 4.98 Å². The van der Waals surface area contributed by atoms with E-state index in [1.54, 1.807) is 13.2 Å². The fourth-order valence-electron chi connectivity index (χ4n) is 2.46. The summed E-state index contributed by atoms with van der Waals surface area (Å²) >= 11 is 4.91. The molecular formula is C19H17BrN2O2S. The third kappa shape index (κ3) is 3.91. The number of rotatable bonds is 4. The Labute approximate surface area is 158 Å². The van der Waals surface area contributed by atoms with Crippen LogP contribution in [0.15, 0.2) is 40.9 Å². The molecule has 4 nitrogen and oxygen atoms in total. The van der Waals surface area contributed by atoms with Crippen molar-refractivity contribution < 1.29 is 9.53 Å². The smallest absolute Gasteiger partial charge is 0.250 e. The summed E-state index contributed by atoms with van der Waals surface area (Å²) in [6.07, 6.45) is 3.21. The number of halogens is 1.